The van der Waals surface area contributed by atoms with Crippen molar-refractivity contribution >= 4 is 10.0 Å². The highest BCUT2D eigenvalue weighted by Crippen LogP contribution is 2.33. The predicted molar refractivity (Wildman–Crippen MR) is 50.1 cm³/mol. The van der Waals surface area contributed by atoms with Crippen LogP contribution < -0.4 is 0 Å². The van der Waals surface area contributed by atoms with Crippen LogP contribution in [-0.2, 0) is 16.4 Å². The summed E-state index contributed by atoms with van der Waals surface area (Å²) >= 11 is 0. The quantitative estimate of drug-likeness (QED) is 0.659. The molecule has 16 heavy (non-hydrogen) atoms. The first-order valence-corrected chi connectivity index (χ1v) is 5.95. The monoisotopic (exact) mass is 251 g/mol. The second-order valence-electron chi connectivity index (χ2n) is 3.40. The Morgan fingerprint density at radius 1 is 1.19 bits per heavy atom. The summed E-state index contributed by atoms with van der Waals surface area (Å²) in [7, 11) is -4.43. The normalized spacial score (nSPS) is 20.4. The first-order chi connectivity index (χ1) is 7.33. The van der Waals surface area contributed by atoms with Crippen molar-refractivity contribution in [1.29, 1.82) is 0 Å². The number of fused-ring (bicyclic) bond motifs is 1. The maximum atomic E-state index is 12.5. The van der Waals surface area contributed by atoms with Crippen LogP contribution in [-0.4, -0.2) is 25.6 Å². The summed E-state index contributed by atoms with van der Waals surface area (Å²) < 4.78 is 60.3. The van der Waals surface area contributed by atoms with E-state index in [2.05, 4.69) is 0 Å². The third kappa shape index (κ3) is 1.69. The molecule has 7 heteroatoms. The number of halogens is 3. The van der Waals surface area contributed by atoms with Gasteiger partial charge in [0.1, 0.15) is 0 Å². The summed E-state index contributed by atoms with van der Waals surface area (Å²) in [6.07, 6.45) is -4.78. The Morgan fingerprint density at radius 3 is 2.44 bits per heavy atom. The smallest absolute Gasteiger partial charge is 0.207 e. The maximum absolute atomic E-state index is 12.5. The van der Waals surface area contributed by atoms with E-state index in [1.54, 1.807) is 6.07 Å². The Kier molecular flexibility index (Phi) is 2.47. The summed E-state index contributed by atoms with van der Waals surface area (Å²) in [5.41, 5.74) is 0.433. The highest BCUT2D eigenvalue weighted by atomic mass is 32.2. The van der Waals surface area contributed by atoms with Gasteiger partial charge in [-0.1, -0.05) is 18.2 Å². The van der Waals surface area contributed by atoms with Crippen LogP contribution in [0.3, 0.4) is 0 Å². The van der Waals surface area contributed by atoms with Gasteiger partial charge in [0.2, 0.25) is 10.0 Å². The summed E-state index contributed by atoms with van der Waals surface area (Å²) in [5, 5.41) is 0. The van der Waals surface area contributed by atoms with Crippen molar-refractivity contribution < 1.29 is 21.6 Å². The topological polar surface area (TPSA) is 37.4 Å². The van der Waals surface area contributed by atoms with E-state index in [1.807, 2.05) is 0 Å². The van der Waals surface area contributed by atoms with Crippen molar-refractivity contribution in [3.63, 3.8) is 0 Å². The Bertz CT molecular complexity index is 510. The molecule has 1 aromatic carbocycles. The van der Waals surface area contributed by atoms with Crippen molar-refractivity contribution in [2.24, 2.45) is 0 Å². The number of benzene rings is 1. The second kappa shape index (κ2) is 3.46. The van der Waals surface area contributed by atoms with Crippen LogP contribution in [0.15, 0.2) is 29.2 Å². The van der Waals surface area contributed by atoms with Crippen LogP contribution in [0, 0.1) is 0 Å². The zero-order chi connectivity index (χ0) is 12.0. The van der Waals surface area contributed by atoms with E-state index >= 15 is 0 Å². The fourth-order valence-corrected chi connectivity index (χ4v) is 3.28. The minimum atomic E-state index is -4.85. The van der Waals surface area contributed by atoms with E-state index in [0.29, 0.717) is 5.56 Å². The maximum Gasteiger partial charge on any atom is 0.473 e. The van der Waals surface area contributed by atoms with Gasteiger partial charge in [-0.3, -0.25) is 0 Å². The van der Waals surface area contributed by atoms with E-state index in [1.165, 1.54) is 18.2 Å². The molecule has 0 saturated carbocycles. The standard InChI is InChI=1S/C9H8F3NO2S/c10-9(11,12)13-6-5-7-3-1-2-4-8(7)16(13,14)15/h1-4H,5-6H2. The molecule has 0 atom stereocenters. The van der Waals surface area contributed by atoms with Crippen molar-refractivity contribution in [1.82, 2.24) is 4.31 Å². The summed E-state index contributed by atoms with van der Waals surface area (Å²) in [5.74, 6) is 0. The Labute approximate surface area is 90.5 Å². The molecule has 0 aliphatic carbocycles. The number of hydrogen-bond acceptors (Lipinski definition) is 2. The lowest BCUT2D eigenvalue weighted by Gasteiger charge is -2.29. The van der Waals surface area contributed by atoms with Crippen LogP contribution in [0.2, 0.25) is 0 Å². The largest absolute Gasteiger partial charge is 0.473 e. The third-order valence-electron chi connectivity index (χ3n) is 2.41. The number of rotatable bonds is 0. The molecule has 0 saturated heterocycles. The van der Waals surface area contributed by atoms with Gasteiger partial charge in [-0.2, -0.15) is 13.2 Å². The molecule has 88 valence electrons. The van der Waals surface area contributed by atoms with Gasteiger partial charge in [-0.15, -0.1) is 4.31 Å². The second-order valence-corrected chi connectivity index (χ2v) is 5.23. The SMILES string of the molecule is O=S1(=O)c2ccccc2CCN1C(F)(F)F. The Hall–Kier alpha value is -1.08. The number of nitrogens with zero attached hydrogens (tertiary/aromatic N) is 1. The molecule has 1 aromatic rings. The van der Waals surface area contributed by atoms with Gasteiger partial charge in [-0.05, 0) is 18.1 Å². The molecule has 1 heterocycles. The molecule has 1 aliphatic rings. The van der Waals surface area contributed by atoms with Gasteiger partial charge >= 0.3 is 6.30 Å². The van der Waals surface area contributed by atoms with E-state index < -0.39 is 27.2 Å². The lowest BCUT2D eigenvalue weighted by molar-refractivity contribution is -0.210. The van der Waals surface area contributed by atoms with Crippen molar-refractivity contribution in [3.8, 4) is 0 Å². The molecular formula is C9H8F3NO2S. The van der Waals surface area contributed by atoms with Crippen LogP contribution in [0.4, 0.5) is 13.2 Å². The van der Waals surface area contributed by atoms with Crippen LogP contribution in [0.5, 0.6) is 0 Å². The van der Waals surface area contributed by atoms with E-state index in [0.717, 1.165) is 0 Å². The first kappa shape index (κ1) is 11.4. The third-order valence-corrected chi connectivity index (χ3v) is 4.33. The van der Waals surface area contributed by atoms with Gasteiger partial charge in [0.05, 0.1) is 4.90 Å². The van der Waals surface area contributed by atoms with Crippen LogP contribution in [0.25, 0.3) is 0 Å². The van der Waals surface area contributed by atoms with Gasteiger partial charge in [0.15, 0.2) is 0 Å². The fraction of sp³-hybridized carbons (Fsp3) is 0.333. The molecule has 1 aliphatic heterocycles. The van der Waals surface area contributed by atoms with E-state index in [4.69, 9.17) is 0 Å². The highest BCUT2D eigenvalue weighted by Gasteiger charge is 2.48. The summed E-state index contributed by atoms with van der Waals surface area (Å²) in [4.78, 5) is -0.251. The minimum absolute atomic E-state index is 0.0783. The average Bonchev–Trinajstić information content (AvgIpc) is 2.15. The molecule has 3 nitrogen and oxygen atoms in total. The molecule has 2 rings (SSSR count). The van der Waals surface area contributed by atoms with Crippen molar-refractivity contribution in [3.05, 3.63) is 29.8 Å². The lowest BCUT2D eigenvalue weighted by atomic mass is 10.1. The molecule has 0 bridgehead atoms. The summed E-state index contributed by atoms with van der Waals surface area (Å²) in [6, 6.07) is 5.75. The number of alkyl halides is 3. The molecule has 0 unspecified atom stereocenters. The molecule has 0 aromatic heterocycles. The Balaban J connectivity index is 2.57. The summed E-state index contributed by atoms with van der Waals surface area (Å²) in [6.45, 7) is -0.553. The van der Waals surface area contributed by atoms with Crippen LogP contribution >= 0.6 is 0 Å². The van der Waals surface area contributed by atoms with E-state index in [-0.39, 0.29) is 11.3 Å². The van der Waals surface area contributed by atoms with Crippen molar-refractivity contribution in [2.45, 2.75) is 17.6 Å². The van der Waals surface area contributed by atoms with Gasteiger partial charge in [-0.25, -0.2) is 8.42 Å². The number of hydrogen-bond donors (Lipinski definition) is 0. The minimum Gasteiger partial charge on any atom is -0.207 e. The van der Waals surface area contributed by atoms with Crippen molar-refractivity contribution in [2.75, 3.05) is 6.54 Å². The van der Waals surface area contributed by atoms with E-state index in [9.17, 15) is 21.6 Å². The molecule has 0 radical (unpaired) electrons. The average molecular weight is 251 g/mol. The molecule has 0 N–H and O–H groups in total. The molecule has 0 spiro atoms. The fourth-order valence-electron chi connectivity index (χ4n) is 1.69. The first-order valence-electron chi connectivity index (χ1n) is 4.51. The zero-order valence-corrected chi connectivity index (χ0v) is 8.85. The molecule has 0 fully saturated rings. The highest BCUT2D eigenvalue weighted by molar-refractivity contribution is 7.89. The number of sulfonamides is 1. The lowest BCUT2D eigenvalue weighted by Crippen LogP contribution is -2.46. The Morgan fingerprint density at radius 2 is 1.81 bits per heavy atom. The molecule has 0 amide bonds. The van der Waals surface area contributed by atoms with Gasteiger partial charge in [0, 0.05) is 6.54 Å². The van der Waals surface area contributed by atoms with Gasteiger partial charge in [0.25, 0.3) is 0 Å². The van der Waals surface area contributed by atoms with Crippen LogP contribution in [0.1, 0.15) is 5.56 Å². The molecular weight excluding hydrogens is 243 g/mol. The predicted octanol–water partition coefficient (Wildman–Crippen LogP) is 1.75. The van der Waals surface area contributed by atoms with Gasteiger partial charge < -0.3 is 0 Å². The zero-order valence-electron chi connectivity index (χ0n) is 8.03.